The van der Waals surface area contributed by atoms with Crippen molar-refractivity contribution in [3.63, 3.8) is 0 Å². The highest BCUT2D eigenvalue weighted by Crippen LogP contribution is 2.22. The molecule has 1 saturated heterocycles. The highest BCUT2D eigenvalue weighted by molar-refractivity contribution is 6.34. The topological polar surface area (TPSA) is 84.7 Å². The molecular weight excluding hydrogens is 370 g/mol. The van der Waals surface area contributed by atoms with Gasteiger partial charge in [0.25, 0.3) is 11.6 Å². The van der Waals surface area contributed by atoms with E-state index in [4.69, 9.17) is 16.3 Å². The van der Waals surface area contributed by atoms with Gasteiger partial charge >= 0.3 is 0 Å². The third-order valence-corrected chi connectivity index (χ3v) is 4.68. The van der Waals surface area contributed by atoms with Gasteiger partial charge in [-0.25, -0.2) is 0 Å². The van der Waals surface area contributed by atoms with Crippen LogP contribution >= 0.6 is 11.6 Å². The van der Waals surface area contributed by atoms with Crippen LogP contribution in [-0.2, 0) is 11.3 Å². The summed E-state index contributed by atoms with van der Waals surface area (Å²) in [6.07, 6.45) is -0.122. The van der Waals surface area contributed by atoms with Gasteiger partial charge in [-0.15, -0.1) is 0 Å². The molecule has 7 nitrogen and oxygen atoms in total. The van der Waals surface area contributed by atoms with Crippen LogP contribution in [0, 0.1) is 10.1 Å². The fourth-order valence-electron chi connectivity index (χ4n) is 2.99. The highest BCUT2D eigenvalue weighted by Gasteiger charge is 2.22. The number of nitrogens with one attached hydrogen (secondary N) is 1. The fourth-order valence-corrected chi connectivity index (χ4v) is 3.25. The number of nitro groups is 1. The maximum Gasteiger partial charge on any atom is 0.270 e. The number of nitrogens with zero attached hydrogens (tertiary/aromatic N) is 2. The highest BCUT2D eigenvalue weighted by atomic mass is 35.5. The first kappa shape index (κ1) is 19.3. The van der Waals surface area contributed by atoms with Gasteiger partial charge in [0, 0.05) is 38.3 Å². The Morgan fingerprint density at radius 3 is 2.78 bits per heavy atom. The second-order valence-corrected chi connectivity index (χ2v) is 6.75. The van der Waals surface area contributed by atoms with Gasteiger partial charge in [-0.3, -0.25) is 19.8 Å². The van der Waals surface area contributed by atoms with Crippen LogP contribution in [0.5, 0.6) is 0 Å². The molecule has 142 valence electrons. The molecular formula is C19H20ClN3O4. The smallest absolute Gasteiger partial charge is 0.270 e. The van der Waals surface area contributed by atoms with Crippen molar-refractivity contribution in [1.82, 2.24) is 10.2 Å². The number of rotatable bonds is 6. The van der Waals surface area contributed by atoms with E-state index in [0.29, 0.717) is 19.7 Å². The van der Waals surface area contributed by atoms with Gasteiger partial charge in [-0.1, -0.05) is 41.9 Å². The first-order valence-electron chi connectivity index (χ1n) is 8.63. The third-order valence-electron chi connectivity index (χ3n) is 4.37. The molecule has 1 amide bonds. The maximum atomic E-state index is 12.3. The van der Waals surface area contributed by atoms with Crippen LogP contribution < -0.4 is 5.32 Å². The summed E-state index contributed by atoms with van der Waals surface area (Å²) in [5, 5.41) is 13.6. The van der Waals surface area contributed by atoms with E-state index in [0.717, 1.165) is 13.1 Å². The summed E-state index contributed by atoms with van der Waals surface area (Å²) in [6.45, 7) is 3.34. The quantitative estimate of drug-likeness (QED) is 0.606. The molecule has 3 rings (SSSR count). The predicted octanol–water partition coefficient (Wildman–Crippen LogP) is 2.88. The van der Waals surface area contributed by atoms with E-state index in [2.05, 4.69) is 22.3 Å². The SMILES string of the molecule is O=C(NCC1CN(Cc2ccccc2)CCO1)c1ccc([N+](=O)[O-])cc1Cl. The molecule has 1 atom stereocenters. The summed E-state index contributed by atoms with van der Waals surface area (Å²) in [7, 11) is 0. The van der Waals surface area contributed by atoms with Gasteiger partial charge in [0.15, 0.2) is 0 Å². The lowest BCUT2D eigenvalue weighted by molar-refractivity contribution is -0.384. The lowest BCUT2D eigenvalue weighted by Gasteiger charge is -2.33. The molecule has 1 aliphatic heterocycles. The number of non-ortho nitro benzene ring substituents is 1. The molecule has 8 heteroatoms. The molecule has 0 aromatic heterocycles. The van der Waals surface area contributed by atoms with E-state index in [1.54, 1.807) is 0 Å². The second kappa shape index (κ2) is 8.94. The Labute approximate surface area is 162 Å². The Balaban J connectivity index is 1.53. The molecule has 2 aromatic carbocycles. The molecule has 27 heavy (non-hydrogen) atoms. The summed E-state index contributed by atoms with van der Waals surface area (Å²) in [4.78, 5) is 24.8. The number of ether oxygens (including phenoxy) is 1. The molecule has 0 radical (unpaired) electrons. The summed E-state index contributed by atoms with van der Waals surface area (Å²) < 4.78 is 5.73. The predicted molar refractivity (Wildman–Crippen MR) is 102 cm³/mol. The van der Waals surface area contributed by atoms with Crippen molar-refractivity contribution in [3.8, 4) is 0 Å². The molecule has 0 aliphatic carbocycles. The third kappa shape index (κ3) is 5.26. The minimum atomic E-state index is -0.551. The van der Waals surface area contributed by atoms with Gasteiger partial charge in [-0.05, 0) is 11.6 Å². The van der Waals surface area contributed by atoms with Crippen molar-refractivity contribution >= 4 is 23.2 Å². The van der Waals surface area contributed by atoms with Crippen LogP contribution in [0.4, 0.5) is 5.69 Å². The lowest BCUT2D eigenvalue weighted by atomic mass is 10.1. The normalized spacial score (nSPS) is 17.4. The molecule has 0 spiro atoms. The molecule has 1 heterocycles. The standard InChI is InChI=1S/C19H20ClN3O4/c20-18-10-15(23(25)26)6-7-17(18)19(24)21-11-16-13-22(8-9-27-16)12-14-4-2-1-3-5-14/h1-7,10,16H,8-9,11-13H2,(H,21,24). The average molecular weight is 390 g/mol. The van der Waals surface area contributed by atoms with Crippen LogP contribution in [0.2, 0.25) is 5.02 Å². The van der Waals surface area contributed by atoms with Gasteiger partial charge in [0.05, 0.1) is 28.2 Å². The van der Waals surface area contributed by atoms with Crippen molar-refractivity contribution in [2.45, 2.75) is 12.6 Å². The van der Waals surface area contributed by atoms with Crippen LogP contribution in [0.1, 0.15) is 15.9 Å². The molecule has 1 N–H and O–H groups in total. The van der Waals surface area contributed by atoms with E-state index in [9.17, 15) is 14.9 Å². The first-order chi connectivity index (χ1) is 13.0. The second-order valence-electron chi connectivity index (χ2n) is 6.34. The van der Waals surface area contributed by atoms with Gasteiger partial charge in [0.2, 0.25) is 0 Å². The number of carbonyl (C=O) groups is 1. The molecule has 1 fully saturated rings. The summed E-state index contributed by atoms with van der Waals surface area (Å²) in [5.74, 6) is -0.376. The van der Waals surface area contributed by atoms with Crippen LogP contribution in [-0.4, -0.2) is 48.1 Å². The van der Waals surface area contributed by atoms with Gasteiger partial charge < -0.3 is 10.1 Å². The first-order valence-corrected chi connectivity index (χ1v) is 9.01. The Kier molecular flexibility index (Phi) is 6.39. The fraction of sp³-hybridized carbons (Fsp3) is 0.316. The molecule has 0 bridgehead atoms. The number of morpholine rings is 1. The van der Waals surface area contributed by atoms with Crippen molar-refractivity contribution in [3.05, 3.63) is 74.8 Å². The largest absolute Gasteiger partial charge is 0.374 e. The Morgan fingerprint density at radius 1 is 1.30 bits per heavy atom. The van der Waals surface area contributed by atoms with Crippen molar-refractivity contribution in [1.29, 1.82) is 0 Å². The molecule has 2 aromatic rings. The van der Waals surface area contributed by atoms with Crippen LogP contribution in [0.15, 0.2) is 48.5 Å². The zero-order chi connectivity index (χ0) is 19.2. The number of hydrogen-bond donors (Lipinski definition) is 1. The Hall–Kier alpha value is -2.48. The maximum absolute atomic E-state index is 12.3. The monoisotopic (exact) mass is 389 g/mol. The van der Waals surface area contributed by atoms with E-state index >= 15 is 0 Å². The van der Waals surface area contributed by atoms with E-state index in [-0.39, 0.29) is 28.3 Å². The molecule has 1 aliphatic rings. The number of halogens is 1. The van der Waals surface area contributed by atoms with E-state index in [1.165, 1.54) is 23.8 Å². The van der Waals surface area contributed by atoms with Gasteiger partial charge in [0.1, 0.15) is 0 Å². The number of hydrogen-bond acceptors (Lipinski definition) is 5. The van der Waals surface area contributed by atoms with Crippen LogP contribution in [0.3, 0.4) is 0 Å². The number of nitro benzene ring substituents is 1. The summed E-state index contributed by atoms with van der Waals surface area (Å²) >= 11 is 6.00. The number of amides is 1. The summed E-state index contributed by atoms with van der Waals surface area (Å²) in [5.41, 5.74) is 1.29. The van der Waals surface area contributed by atoms with Crippen molar-refractivity contribution in [2.75, 3.05) is 26.2 Å². The lowest BCUT2D eigenvalue weighted by Crippen LogP contribution is -2.47. The Morgan fingerprint density at radius 2 is 2.07 bits per heavy atom. The van der Waals surface area contributed by atoms with Crippen molar-refractivity contribution < 1.29 is 14.5 Å². The summed E-state index contributed by atoms with van der Waals surface area (Å²) in [6, 6.07) is 14.0. The van der Waals surface area contributed by atoms with E-state index < -0.39 is 4.92 Å². The van der Waals surface area contributed by atoms with Crippen molar-refractivity contribution in [2.24, 2.45) is 0 Å². The zero-order valence-electron chi connectivity index (χ0n) is 14.6. The minimum absolute atomic E-state index is 0.0527. The van der Waals surface area contributed by atoms with E-state index in [1.807, 2.05) is 18.2 Å². The minimum Gasteiger partial charge on any atom is -0.374 e. The zero-order valence-corrected chi connectivity index (χ0v) is 15.4. The van der Waals surface area contributed by atoms with Crippen LogP contribution in [0.25, 0.3) is 0 Å². The number of benzene rings is 2. The average Bonchev–Trinajstić information content (AvgIpc) is 2.67. The van der Waals surface area contributed by atoms with Gasteiger partial charge in [-0.2, -0.15) is 0 Å². The molecule has 0 saturated carbocycles. The molecule has 1 unspecified atom stereocenters. The number of carbonyl (C=O) groups excluding carboxylic acids is 1. The Bertz CT molecular complexity index is 816.